The molecule has 21 heavy (non-hydrogen) atoms. The Morgan fingerprint density at radius 3 is 2.43 bits per heavy atom. The van der Waals surface area contributed by atoms with Gasteiger partial charge in [-0.05, 0) is 57.0 Å². The lowest BCUT2D eigenvalue weighted by atomic mass is 9.84. The molecule has 0 atom stereocenters. The second-order valence-electron chi connectivity index (χ2n) is 6.24. The van der Waals surface area contributed by atoms with Crippen LogP contribution in [0, 0.1) is 5.82 Å². The smallest absolute Gasteiger partial charge is 0.184 e. The highest BCUT2D eigenvalue weighted by atomic mass is 35.5. The van der Waals surface area contributed by atoms with Crippen LogP contribution in [0.3, 0.4) is 0 Å². The largest absolute Gasteiger partial charge is 0.292 e. The van der Waals surface area contributed by atoms with Crippen molar-refractivity contribution < 1.29 is 9.18 Å². The molecule has 4 heteroatoms. The lowest BCUT2D eigenvalue weighted by Crippen LogP contribution is -2.54. The molecule has 3 rings (SSSR count). The molecule has 1 aromatic carbocycles. The summed E-state index contributed by atoms with van der Waals surface area (Å²) in [5, 5.41) is 0.365. The Morgan fingerprint density at radius 2 is 1.76 bits per heavy atom. The molecule has 1 heterocycles. The first kappa shape index (κ1) is 15.0. The summed E-state index contributed by atoms with van der Waals surface area (Å²) in [4.78, 5) is 15.5. The maximum absolute atomic E-state index is 13.5. The third-order valence-corrected chi connectivity index (χ3v) is 5.32. The average molecular weight is 310 g/mol. The van der Waals surface area contributed by atoms with Crippen molar-refractivity contribution in [3.8, 4) is 0 Å². The molecule has 0 aromatic heterocycles. The van der Waals surface area contributed by atoms with Gasteiger partial charge in [-0.3, -0.25) is 9.69 Å². The molecule has 2 aliphatic rings. The lowest BCUT2D eigenvalue weighted by Gasteiger charge is -2.42. The molecule has 0 N–H and O–H groups in total. The van der Waals surface area contributed by atoms with Crippen LogP contribution in [0.5, 0.6) is 0 Å². The van der Waals surface area contributed by atoms with Crippen molar-refractivity contribution in [2.75, 3.05) is 13.1 Å². The predicted molar refractivity (Wildman–Crippen MR) is 82.4 cm³/mol. The standard InChI is InChI=1S/C17H21ClFNO/c18-15-7-6-13(19)12-14(15)16(21)17(8-2-3-9-17)20-10-4-1-5-11-20/h6-7,12H,1-5,8-11H2. The quantitative estimate of drug-likeness (QED) is 0.768. The van der Waals surface area contributed by atoms with Gasteiger partial charge in [0.1, 0.15) is 5.82 Å². The highest BCUT2D eigenvalue weighted by Crippen LogP contribution is 2.40. The van der Waals surface area contributed by atoms with E-state index in [2.05, 4.69) is 4.90 Å². The van der Waals surface area contributed by atoms with E-state index in [0.29, 0.717) is 10.6 Å². The number of likely N-dealkylation sites (tertiary alicyclic amines) is 1. The summed E-state index contributed by atoms with van der Waals surface area (Å²) in [7, 11) is 0. The van der Waals surface area contributed by atoms with Crippen LogP contribution in [0.1, 0.15) is 55.3 Å². The van der Waals surface area contributed by atoms with Crippen LogP contribution in [0.25, 0.3) is 0 Å². The fourth-order valence-electron chi connectivity index (χ4n) is 3.89. The number of rotatable bonds is 3. The van der Waals surface area contributed by atoms with Gasteiger partial charge < -0.3 is 0 Å². The maximum atomic E-state index is 13.5. The Bertz CT molecular complexity index is 534. The molecule has 1 aliphatic heterocycles. The SMILES string of the molecule is O=C(c1cc(F)ccc1Cl)C1(N2CCCCC2)CCCC1. The second kappa shape index (κ2) is 6.05. The van der Waals surface area contributed by atoms with Gasteiger partial charge in [-0.1, -0.05) is 30.9 Å². The second-order valence-corrected chi connectivity index (χ2v) is 6.65. The van der Waals surface area contributed by atoms with Crippen LogP contribution in [-0.2, 0) is 0 Å². The number of halogens is 2. The number of hydrogen-bond acceptors (Lipinski definition) is 2. The van der Waals surface area contributed by atoms with Gasteiger partial charge in [0.05, 0.1) is 10.6 Å². The first-order chi connectivity index (χ1) is 10.1. The van der Waals surface area contributed by atoms with Gasteiger partial charge >= 0.3 is 0 Å². The number of benzene rings is 1. The number of ketones is 1. The molecule has 114 valence electrons. The van der Waals surface area contributed by atoms with Crippen molar-refractivity contribution in [1.82, 2.24) is 4.90 Å². The van der Waals surface area contributed by atoms with E-state index in [-0.39, 0.29) is 5.78 Å². The zero-order valence-electron chi connectivity index (χ0n) is 12.2. The molecule has 0 radical (unpaired) electrons. The molecule has 2 nitrogen and oxygen atoms in total. The summed E-state index contributed by atoms with van der Waals surface area (Å²) in [6.45, 7) is 1.94. The third-order valence-electron chi connectivity index (χ3n) is 4.99. The van der Waals surface area contributed by atoms with Gasteiger partial charge in [-0.15, -0.1) is 0 Å². The summed E-state index contributed by atoms with van der Waals surface area (Å²) < 4.78 is 13.5. The van der Waals surface area contributed by atoms with Crippen LogP contribution >= 0.6 is 11.6 Å². The molecule has 1 saturated heterocycles. The first-order valence-corrected chi connectivity index (χ1v) is 8.26. The molecule has 0 spiro atoms. The monoisotopic (exact) mass is 309 g/mol. The topological polar surface area (TPSA) is 20.3 Å². The van der Waals surface area contributed by atoms with Crippen molar-refractivity contribution in [1.29, 1.82) is 0 Å². The fraction of sp³-hybridized carbons (Fsp3) is 0.588. The Morgan fingerprint density at radius 1 is 1.10 bits per heavy atom. The highest BCUT2D eigenvalue weighted by molar-refractivity contribution is 6.34. The van der Waals surface area contributed by atoms with Crippen molar-refractivity contribution >= 4 is 17.4 Å². The Labute approximate surface area is 130 Å². The van der Waals surface area contributed by atoms with E-state index in [1.807, 2.05) is 0 Å². The summed E-state index contributed by atoms with van der Waals surface area (Å²) >= 11 is 6.16. The normalized spacial score (nSPS) is 22.4. The Balaban J connectivity index is 1.96. The van der Waals surface area contributed by atoms with Gasteiger partial charge in [0.2, 0.25) is 0 Å². The molecule has 0 bridgehead atoms. The molecule has 0 amide bonds. The third kappa shape index (κ3) is 2.74. The van der Waals surface area contributed by atoms with Gasteiger partial charge in [0, 0.05) is 5.56 Å². The van der Waals surface area contributed by atoms with Gasteiger partial charge in [-0.25, -0.2) is 4.39 Å². The van der Waals surface area contributed by atoms with Gasteiger partial charge in [-0.2, -0.15) is 0 Å². The molecule has 2 fully saturated rings. The van der Waals surface area contributed by atoms with E-state index in [4.69, 9.17) is 11.6 Å². The minimum absolute atomic E-state index is 0.0198. The molecular weight excluding hydrogens is 289 g/mol. The summed E-state index contributed by atoms with van der Waals surface area (Å²) in [6, 6.07) is 4.10. The van der Waals surface area contributed by atoms with E-state index in [1.165, 1.54) is 24.6 Å². The van der Waals surface area contributed by atoms with Crippen LogP contribution in [0.4, 0.5) is 4.39 Å². The molecule has 1 aromatic rings. The van der Waals surface area contributed by atoms with Crippen LogP contribution in [0.15, 0.2) is 18.2 Å². The van der Waals surface area contributed by atoms with Gasteiger partial charge in [0.15, 0.2) is 5.78 Å². The lowest BCUT2D eigenvalue weighted by molar-refractivity contribution is 0.0477. The zero-order valence-corrected chi connectivity index (χ0v) is 13.0. The van der Waals surface area contributed by atoms with E-state index in [1.54, 1.807) is 0 Å². The van der Waals surface area contributed by atoms with Crippen molar-refractivity contribution in [2.24, 2.45) is 0 Å². The first-order valence-electron chi connectivity index (χ1n) is 7.88. The number of Topliss-reactive ketones (excluding diaryl/α,β-unsaturated/α-hetero) is 1. The summed E-state index contributed by atoms with van der Waals surface area (Å²) in [5.74, 6) is -0.374. The average Bonchev–Trinajstić information content (AvgIpc) is 3.01. The number of nitrogens with zero attached hydrogens (tertiary/aromatic N) is 1. The zero-order chi connectivity index (χ0) is 14.9. The fourth-order valence-corrected chi connectivity index (χ4v) is 4.09. The highest BCUT2D eigenvalue weighted by Gasteiger charge is 2.46. The molecular formula is C17H21ClFNO. The number of hydrogen-bond donors (Lipinski definition) is 0. The number of carbonyl (C=O) groups is 1. The van der Waals surface area contributed by atoms with Crippen LogP contribution < -0.4 is 0 Å². The van der Waals surface area contributed by atoms with Crippen LogP contribution in [0.2, 0.25) is 5.02 Å². The minimum atomic E-state index is -0.447. The van der Waals surface area contributed by atoms with E-state index < -0.39 is 11.4 Å². The minimum Gasteiger partial charge on any atom is -0.292 e. The van der Waals surface area contributed by atoms with Crippen molar-refractivity contribution in [3.05, 3.63) is 34.6 Å². The summed E-state index contributed by atoms with van der Waals surface area (Å²) in [5.41, 5.74) is -0.0955. The van der Waals surface area contributed by atoms with E-state index >= 15 is 0 Å². The van der Waals surface area contributed by atoms with Crippen molar-refractivity contribution in [2.45, 2.75) is 50.5 Å². The predicted octanol–water partition coefficient (Wildman–Crippen LogP) is 4.46. The van der Waals surface area contributed by atoms with Crippen LogP contribution in [-0.4, -0.2) is 29.3 Å². The Kier molecular flexibility index (Phi) is 4.32. The van der Waals surface area contributed by atoms with Gasteiger partial charge in [0.25, 0.3) is 0 Å². The maximum Gasteiger partial charge on any atom is 0.184 e. The van der Waals surface area contributed by atoms with E-state index in [0.717, 1.165) is 51.6 Å². The number of piperidine rings is 1. The van der Waals surface area contributed by atoms with E-state index in [9.17, 15) is 9.18 Å². The molecule has 1 aliphatic carbocycles. The molecule has 0 unspecified atom stereocenters. The van der Waals surface area contributed by atoms with Crippen molar-refractivity contribution in [3.63, 3.8) is 0 Å². The number of carbonyl (C=O) groups excluding carboxylic acids is 1. The molecule has 1 saturated carbocycles. The summed E-state index contributed by atoms with van der Waals surface area (Å²) in [6.07, 6.45) is 7.40. The Hall–Kier alpha value is -0.930.